The molecule has 164 valence electrons. The number of aromatic nitrogens is 4. The summed E-state index contributed by atoms with van der Waals surface area (Å²) >= 11 is 1.54. The third-order valence-corrected chi connectivity index (χ3v) is 5.79. The molecule has 1 aromatic carbocycles. The van der Waals surface area contributed by atoms with E-state index < -0.39 is 0 Å². The Kier molecular flexibility index (Phi) is 6.46. The molecule has 0 spiro atoms. The number of thiophene rings is 1. The molecular formula is C23H23N5O3S. The van der Waals surface area contributed by atoms with Crippen molar-refractivity contribution in [2.75, 3.05) is 12.4 Å². The van der Waals surface area contributed by atoms with Crippen LogP contribution >= 0.6 is 11.3 Å². The number of amides is 1. The van der Waals surface area contributed by atoms with E-state index in [1.54, 1.807) is 24.5 Å². The number of aromatic amines is 1. The Bertz CT molecular complexity index is 1260. The summed E-state index contributed by atoms with van der Waals surface area (Å²) in [6.45, 7) is 1.92. The van der Waals surface area contributed by atoms with Crippen molar-refractivity contribution < 1.29 is 9.53 Å². The predicted molar refractivity (Wildman–Crippen MR) is 125 cm³/mol. The van der Waals surface area contributed by atoms with E-state index in [4.69, 9.17) is 4.74 Å². The van der Waals surface area contributed by atoms with Gasteiger partial charge in [-0.1, -0.05) is 25.1 Å². The zero-order valence-corrected chi connectivity index (χ0v) is 18.6. The molecule has 0 fully saturated rings. The topological polar surface area (TPSA) is 102 Å². The fourth-order valence-electron chi connectivity index (χ4n) is 3.21. The number of H-pyrrole nitrogens is 1. The Balaban J connectivity index is 1.58. The number of carbonyl (C=O) groups is 1. The fraction of sp³-hybridized carbons (Fsp3) is 0.217. The van der Waals surface area contributed by atoms with E-state index in [1.165, 1.54) is 10.7 Å². The fourth-order valence-corrected chi connectivity index (χ4v) is 3.89. The van der Waals surface area contributed by atoms with Crippen LogP contribution in [0.3, 0.4) is 0 Å². The van der Waals surface area contributed by atoms with E-state index in [-0.39, 0.29) is 17.4 Å². The lowest BCUT2D eigenvalue weighted by molar-refractivity contribution is -0.116. The van der Waals surface area contributed by atoms with E-state index in [1.807, 2.05) is 48.7 Å². The van der Waals surface area contributed by atoms with Gasteiger partial charge < -0.3 is 10.1 Å². The van der Waals surface area contributed by atoms with Crippen molar-refractivity contribution in [2.24, 2.45) is 0 Å². The number of methoxy groups -OCH3 is 1. The number of hydrogen-bond acceptors (Lipinski definition) is 6. The number of hydrogen-bond donors (Lipinski definition) is 2. The van der Waals surface area contributed by atoms with Gasteiger partial charge >= 0.3 is 0 Å². The van der Waals surface area contributed by atoms with Gasteiger partial charge in [-0.25, -0.2) is 4.98 Å². The van der Waals surface area contributed by atoms with Gasteiger partial charge in [-0.15, -0.1) is 11.3 Å². The highest BCUT2D eigenvalue weighted by Crippen LogP contribution is 2.27. The minimum atomic E-state index is -0.267. The van der Waals surface area contributed by atoms with Gasteiger partial charge in [-0.3, -0.25) is 14.6 Å². The van der Waals surface area contributed by atoms with Crippen LogP contribution in [0.1, 0.15) is 24.6 Å². The molecule has 0 saturated carbocycles. The summed E-state index contributed by atoms with van der Waals surface area (Å²) in [5.74, 6) is 1.33. The van der Waals surface area contributed by atoms with Crippen molar-refractivity contribution in [2.45, 2.75) is 26.2 Å². The molecule has 0 aliphatic heterocycles. The second kappa shape index (κ2) is 9.61. The maximum atomic E-state index is 12.7. The van der Waals surface area contributed by atoms with Crippen molar-refractivity contribution in [3.05, 3.63) is 75.5 Å². The molecule has 0 bridgehead atoms. The van der Waals surface area contributed by atoms with Gasteiger partial charge in [0.05, 0.1) is 12.0 Å². The first kappa shape index (κ1) is 21.5. The van der Waals surface area contributed by atoms with Crippen LogP contribution in [-0.2, 0) is 17.6 Å². The molecule has 0 radical (unpaired) electrons. The molecular weight excluding hydrogens is 426 g/mol. The third kappa shape index (κ3) is 4.94. The first-order chi connectivity index (χ1) is 15.6. The monoisotopic (exact) mass is 449 g/mol. The highest BCUT2D eigenvalue weighted by atomic mass is 32.1. The van der Waals surface area contributed by atoms with Crippen molar-refractivity contribution >= 4 is 23.1 Å². The van der Waals surface area contributed by atoms with Crippen molar-refractivity contribution in [3.8, 4) is 22.3 Å². The number of nitrogens with one attached hydrogen (secondary N) is 2. The minimum absolute atomic E-state index is 0.159. The van der Waals surface area contributed by atoms with Gasteiger partial charge in [0.15, 0.2) is 0 Å². The lowest BCUT2D eigenvalue weighted by atomic mass is 10.1. The predicted octanol–water partition coefficient (Wildman–Crippen LogP) is 3.83. The molecule has 0 unspecified atom stereocenters. The van der Waals surface area contributed by atoms with E-state index in [9.17, 15) is 9.59 Å². The molecule has 2 N–H and O–H groups in total. The number of carbonyl (C=O) groups excluding carboxylic acids is 1. The van der Waals surface area contributed by atoms with Crippen molar-refractivity contribution in [1.82, 2.24) is 19.7 Å². The van der Waals surface area contributed by atoms with Crippen molar-refractivity contribution in [3.63, 3.8) is 0 Å². The normalized spacial score (nSPS) is 10.8. The van der Waals surface area contributed by atoms with Crippen LogP contribution < -0.4 is 15.6 Å². The van der Waals surface area contributed by atoms with E-state index in [0.717, 1.165) is 16.2 Å². The van der Waals surface area contributed by atoms with Crippen molar-refractivity contribution in [1.29, 1.82) is 0 Å². The Labute approximate surface area is 188 Å². The Morgan fingerprint density at radius 1 is 1.22 bits per heavy atom. The molecule has 32 heavy (non-hydrogen) atoms. The van der Waals surface area contributed by atoms with Crippen LogP contribution in [0.25, 0.3) is 16.5 Å². The first-order valence-corrected chi connectivity index (χ1v) is 11.1. The summed E-state index contributed by atoms with van der Waals surface area (Å²) in [5, 5.41) is 9.47. The van der Waals surface area contributed by atoms with Gasteiger partial charge in [0.25, 0.3) is 5.56 Å². The zero-order chi connectivity index (χ0) is 22.5. The molecule has 9 heteroatoms. The molecule has 0 aliphatic carbocycles. The smallest absolute Gasteiger partial charge is 0.252 e. The molecule has 0 saturated heterocycles. The van der Waals surface area contributed by atoms with Gasteiger partial charge in [-0.05, 0) is 42.0 Å². The summed E-state index contributed by atoms with van der Waals surface area (Å²) in [6, 6.07) is 14.8. The summed E-state index contributed by atoms with van der Waals surface area (Å²) in [5.41, 5.74) is 2.11. The zero-order valence-electron chi connectivity index (χ0n) is 17.8. The maximum Gasteiger partial charge on any atom is 0.252 e. The average Bonchev–Trinajstić information content (AvgIpc) is 3.48. The number of benzene rings is 1. The summed E-state index contributed by atoms with van der Waals surface area (Å²) in [7, 11) is 1.62. The third-order valence-electron chi connectivity index (χ3n) is 4.90. The molecule has 4 rings (SSSR count). The first-order valence-electron chi connectivity index (χ1n) is 10.2. The van der Waals surface area contributed by atoms with Crippen LogP contribution in [0, 0.1) is 0 Å². The molecule has 3 aromatic heterocycles. The van der Waals surface area contributed by atoms with Gasteiger partial charge in [0, 0.05) is 24.2 Å². The Morgan fingerprint density at radius 2 is 2.03 bits per heavy atom. The van der Waals surface area contributed by atoms with Gasteiger partial charge in [0.2, 0.25) is 11.9 Å². The molecule has 4 aromatic rings. The highest BCUT2D eigenvalue weighted by Gasteiger charge is 2.16. The number of ether oxygens (including phenoxy) is 1. The summed E-state index contributed by atoms with van der Waals surface area (Å²) < 4.78 is 6.64. The molecule has 1 amide bonds. The summed E-state index contributed by atoms with van der Waals surface area (Å²) in [4.78, 5) is 32.9. The van der Waals surface area contributed by atoms with E-state index in [2.05, 4.69) is 20.4 Å². The molecule has 3 heterocycles. The average molecular weight is 450 g/mol. The van der Waals surface area contributed by atoms with E-state index >= 15 is 0 Å². The standard InChI is InChI=1S/C23H23N5O3S/c1-3-16-13-22(30)26-23(24-16)28-20(14-18(27-28)19-5-4-12-32-19)25-21(29)11-8-15-6-9-17(31-2)10-7-15/h4-7,9-10,12-14H,3,8,11H2,1-2H3,(H,25,29)(H,24,26,30). The second-order valence-electron chi connectivity index (χ2n) is 7.11. The quantitative estimate of drug-likeness (QED) is 0.426. The highest BCUT2D eigenvalue weighted by molar-refractivity contribution is 7.13. The molecule has 8 nitrogen and oxygen atoms in total. The van der Waals surface area contributed by atoms with Crippen LogP contribution in [0.15, 0.2) is 58.7 Å². The SMILES string of the molecule is CCc1cc(=O)[nH]c(-n2nc(-c3cccs3)cc2NC(=O)CCc2ccc(OC)cc2)n1. The number of rotatable bonds is 8. The number of nitrogens with zero attached hydrogens (tertiary/aromatic N) is 3. The lowest BCUT2D eigenvalue weighted by Crippen LogP contribution is -2.19. The number of anilines is 1. The molecule has 0 atom stereocenters. The summed E-state index contributed by atoms with van der Waals surface area (Å²) in [6.07, 6.45) is 1.49. The Hall–Kier alpha value is -3.72. The van der Waals surface area contributed by atoms with Crippen LogP contribution in [0.4, 0.5) is 5.82 Å². The van der Waals surface area contributed by atoms with Gasteiger partial charge in [-0.2, -0.15) is 9.78 Å². The largest absolute Gasteiger partial charge is 0.497 e. The van der Waals surface area contributed by atoms with Crippen LogP contribution in [-0.4, -0.2) is 32.8 Å². The van der Waals surface area contributed by atoms with Crippen LogP contribution in [0.5, 0.6) is 5.75 Å². The molecule has 0 aliphatic rings. The van der Waals surface area contributed by atoms with Crippen LogP contribution in [0.2, 0.25) is 0 Å². The van der Waals surface area contributed by atoms with Gasteiger partial charge in [0.1, 0.15) is 17.3 Å². The lowest BCUT2D eigenvalue weighted by Gasteiger charge is -2.09. The minimum Gasteiger partial charge on any atom is -0.497 e. The van der Waals surface area contributed by atoms with E-state index in [0.29, 0.717) is 36.5 Å². The second-order valence-corrected chi connectivity index (χ2v) is 8.06. The Morgan fingerprint density at radius 3 is 2.72 bits per heavy atom. The maximum absolute atomic E-state index is 12.7. The number of aryl methyl sites for hydroxylation is 2.